The molecular formula is C12H24N2O2. The summed E-state index contributed by atoms with van der Waals surface area (Å²) in [5.74, 6) is -0.0599. The van der Waals surface area contributed by atoms with Crippen molar-refractivity contribution in [2.45, 2.75) is 39.2 Å². The van der Waals surface area contributed by atoms with Gasteiger partial charge in [-0.05, 0) is 12.5 Å². The van der Waals surface area contributed by atoms with E-state index in [2.05, 4.69) is 31.0 Å². The van der Waals surface area contributed by atoms with Crippen molar-refractivity contribution in [2.24, 2.45) is 5.92 Å². The van der Waals surface area contributed by atoms with Crippen LogP contribution in [0.3, 0.4) is 0 Å². The smallest absolute Gasteiger partial charge is 0.305 e. The molecule has 1 rings (SSSR count). The van der Waals surface area contributed by atoms with Gasteiger partial charge in [-0.15, -0.1) is 0 Å². The van der Waals surface area contributed by atoms with Gasteiger partial charge in [0.05, 0.1) is 12.0 Å². The van der Waals surface area contributed by atoms with Gasteiger partial charge < -0.3 is 10.4 Å². The maximum atomic E-state index is 10.9. The standard InChI is InChI=1S/C12H24N2O2/c1-4-10(3)7-14(5-2)12(6-11(15)16)8-13-9-12/h10,13H,4-9H2,1-3H3,(H,15,16). The lowest BCUT2D eigenvalue weighted by molar-refractivity contribution is -0.142. The number of likely N-dealkylation sites (N-methyl/N-ethyl adjacent to an activating group) is 1. The Hall–Kier alpha value is -0.610. The molecule has 1 heterocycles. The van der Waals surface area contributed by atoms with E-state index in [1.54, 1.807) is 0 Å². The van der Waals surface area contributed by atoms with Crippen LogP contribution < -0.4 is 5.32 Å². The minimum atomic E-state index is -0.691. The number of carbonyl (C=O) groups is 1. The van der Waals surface area contributed by atoms with Gasteiger partial charge in [0.25, 0.3) is 0 Å². The SMILES string of the molecule is CCC(C)CN(CC)C1(CC(=O)O)CNC1. The van der Waals surface area contributed by atoms with Gasteiger partial charge in [-0.2, -0.15) is 0 Å². The van der Waals surface area contributed by atoms with Crippen LogP contribution in [0.25, 0.3) is 0 Å². The second-order valence-corrected chi connectivity index (χ2v) is 4.95. The number of nitrogens with zero attached hydrogens (tertiary/aromatic N) is 1. The van der Waals surface area contributed by atoms with E-state index in [4.69, 9.17) is 5.11 Å². The number of carboxylic acid groups (broad SMARTS) is 1. The summed E-state index contributed by atoms with van der Waals surface area (Å²) in [4.78, 5) is 13.3. The Kier molecular flexibility index (Phi) is 4.74. The molecule has 0 bridgehead atoms. The first-order valence-electron chi connectivity index (χ1n) is 6.21. The van der Waals surface area contributed by atoms with Crippen molar-refractivity contribution in [3.05, 3.63) is 0 Å². The van der Waals surface area contributed by atoms with Gasteiger partial charge in [0, 0.05) is 19.6 Å². The van der Waals surface area contributed by atoms with E-state index in [0.717, 1.165) is 32.6 Å². The fraction of sp³-hybridized carbons (Fsp3) is 0.917. The van der Waals surface area contributed by atoms with Gasteiger partial charge in [-0.1, -0.05) is 27.2 Å². The fourth-order valence-corrected chi connectivity index (χ4v) is 2.32. The first kappa shape index (κ1) is 13.5. The van der Waals surface area contributed by atoms with Gasteiger partial charge in [-0.25, -0.2) is 0 Å². The Labute approximate surface area is 98.0 Å². The van der Waals surface area contributed by atoms with E-state index >= 15 is 0 Å². The highest BCUT2D eigenvalue weighted by Gasteiger charge is 2.43. The van der Waals surface area contributed by atoms with Crippen LogP contribution in [0.2, 0.25) is 0 Å². The van der Waals surface area contributed by atoms with Crippen LogP contribution in [0.15, 0.2) is 0 Å². The zero-order valence-corrected chi connectivity index (χ0v) is 10.6. The molecule has 1 saturated heterocycles. The maximum Gasteiger partial charge on any atom is 0.305 e. The fourth-order valence-electron chi connectivity index (χ4n) is 2.32. The Morgan fingerprint density at radius 1 is 1.50 bits per heavy atom. The van der Waals surface area contributed by atoms with Crippen LogP contribution in [0.5, 0.6) is 0 Å². The zero-order valence-electron chi connectivity index (χ0n) is 10.6. The second-order valence-electron chi connectivity index (χ2n) is 4.95. The topological polar surface area (TPSA) is 52.6 Å². The molecule has 94 valence electrons. The summed E-state index contributed by atoms with van der Waals surface area (Å²) < 4.78 is 0. The molecule has 0 amide bonds. The van der Waals surface area contributed by atoms with E-state index in [1.807, 2.05) is 0 Å². The minimum absolute atomic E-state index is 0.135. The molecule has 0 radical (unpaired) electrons. The van der Waals surface area contributed by atoms with Crippen molar-refractivity contribution >= 4 is 5.97 Å². The Morgan fingerprint density at radius 2 is 2.12 bits per heavy atom. The Balaban J connectivity index is 2.63. The number of hydrogen-bond acceptors (Lipinski definition) is 3. The molecule has 0 aromatic heterocycles. The van der Waals surface area contributed by atoms with Gasteiger partial charge in [-0.3, -0.25) is 9.69 Å². The maximum absolute atomic E-state index is 10.9. The van der Waals surface area contributed by atoms with Gasteiger partial charge in [0.15, 0.2) is 0 Å². The quantitative estimate of drug-likeness (QED) is 0.687. The molecule has 0 spiro atoms. The van der Waals surface area contributed by atoms with Gasteiger partial charge in [0.1, 0.15) is 0 Å². The highest BCUT2D eigenvalue weighted by molar-refractivity contribution is 5.68. The Morgan fingerprint density at radius 3 is 2.44 bits per heavy atom. The van der Waals surface area contributed by atoms with E-state index in [9.17, 15) is 4.79 Å². The second kappa shape index (κ2) is 5.64. The van der Waals surface area contributed by atoms with Gasteiger partial charge >= 0.3 is 5.97 Å². The van der Waals surface area contributed by atoms with Crippen molar-refractivity contribution in [2.75, 3.05) is 26.2 Å². The summed E-state index contributed by atoms with van der Waals surface area (Å²) in [7, 11) is 0. The molecule has 0 aliphatic carbocycles. The summed E-state index contributed by atoms with van der Waals surface area (Å²) in [6.45, 7) is 10.1. The number of aliphatic carboxylic acids is 1. The molecule has 4 nitrogen and oxygen atoms in total. The number of rotatable bonds is 7. The van der Waals surface area contributed by atoms with E-state index in [0.29, 0.717) is 5.92 Å². The summed E-state index contributed by atoms with van der Waals surface area (Å²) in [5.41, 5.74) is -0.135. The van der Waals surface area contributed by atoms with E-state index in [1.165, 1.54) is 0 Å². The van der Waals surface area contributed by atoms with Crippen LogP contribution >= 0.6 is 0 Å². The zero-order chi connectivity index (χ0) is 12.2. The molecule has 2 N–H and O–H groups in total. The summed E-state index contributed by atoms with van der Waals surface area (Å²) >= 11 is 0. The molecule has 1 fully saturated rings. The third kappa shape index (κ3) is 2.95. The van der Waals surface area contributed by atoms with Crippen molar-refractivity contribution in [3.8, 4) is 0 Å². The molecule has 1 aliphatic rings. The predicted molar refractivity (Wildman–Crippen MR) is 64.6 cm³/mol. The predicted octanol–water partition coefficient (Wildman–Crippen LogP) is 1.17. The van der Waals surface area contributed by atoms with Crippen molar-refractivity contribution < 1.29 is 9.90 Å². The van der Waals surface area contributed by atoms with Crippen LogP contribution in [0.1, 0.15) is 33.6 Å². The molecule has 1 unspecified atom stereocenters. The van der Waals surface area contributed by atoms with E-state index in [-0.39, 0.29) is 12.0 Å². The van der Waals surface area contributed by atoms with E-state index < -0.39 is 5.97 Å². The molecule has 1 atom stereocenters. The van der Waals surface area contributed by atoms with Crippen molar-refractivity contribution in [1.82, 2.24) is 10.2 Å². The largest absolute Gasteiger partial charge is 0.481 e. The number of carboxylic acids is 1. The molecule has 0 aromatic rings. The van der Waals surface area contributed by atoms with Crippen molar-refractivity contribution in [3.63, 3.8) is 0 Å². The monoisotopic (exact) mass is 228 g/mol. The first-order valence-corrected chi connectivity index (χ1v) is 6.21. The highest BCUT2D eigenvalue weighted by Crippen LogP contribution is 2.26. The lowest BCUT2D eigenvalue weighted by Gasteiger charge is -2.50. The normalized spacial score (nSPS) is 20.5. The lowest BCUT2D eigenvalue weighted by Crippen LogP contribution is -2.70. The lowest BCUT2D eigenvalue weighted by atomic mass is 9.85. The first-order chi connectivity index (χ1) is 7.54. The van der Waals surface area contributed by atoms with Crippen LogP contribution in [0, 0.1) is 5.92 Å². The molecule has 0 saturated carbocycles. The summed E-state index contributed by atoms with van der Waals surface area (Å²) in [6, 6.07) is 0. The number of nitrogens with one attached hydrogen (secondary N) is 1. The number of hydrogen-bond donors (Lipinski definition) is 2. The summed E-state index contributed by atoms with van der Waals surface area (Å²) in [6.07, 6.45) is 1.40. The third-order valence-corrected chi connectivity index (χ3v) is 3.67. The average Bonchev–Trinajstić information content (AvgIpc) is 2.19. The highest BCUT2D eigenvalue weighted by atomic mass is 16.4. The molecule has 16 heavy (non-hydrogen) atoms. The molecule has 0 aromatic carbocycles. The average molecular weight is 228 g/mol. The minimum Gasteiger partial charge on any atom is -0.481 e. The summed E-state index contributed by atoms with van der Waals surface area (Å²) in [5, 5.41) is 12.2. The molecule has 1 aliphatic heterocycles. The van der Waals surface area contributed by atoms with Crippen LogP contribution in [-0.2, 0) is 4.79 Å². The van der Waals surface area contributed by atoms with Crippen molar-refractivity contribution in [1.29, 1.82) is 0 Å². The van der Waals surface area contributed by atoms with Gasteiger partial charge in [0.2, 0.25) is 0 Å². The third-order valence-electron chi connectivity index (χ3n) is 3.67. The Bertz CT molecular complexity index is 239. The molecular weight excluding hydrogens is 204 g/mol. The van der Waals surface area contributed by atoms with Crippen LogP contribution in [0.4, 0.5) is 0 Å². The van der Waals surface area contributed by atoms with Crippen LogP contribution in [-0.4, -0.2) is 47.7 Å². The molecule has 4 heteroatoms.